The highest BCUT2D eigenvalue weighted by Gasteiger charge is 2.37. The normalized spacial score (nSPS) is 15.7. The molecule has 0 unspecified atom stereocenters. The Hall–Kier alpha value is -0.933. The summed E-state index contributed by atoms with van der Waals surface area (Å²) in [6.45, 7) is 11.9. The van der Waals surface area contributed by atoms with Crippen LogP contribution in [0.4, 0.5) is 0 Å². The Kier molecular flexibility index (Phi) is 3.71. The number of Topliss-reactive ketones (excluding diaryl/α,β-unsaturated/α-hetero) is 1. The number of benzene rings is 1. The lowest BCUT2D eigenvalue weighted by molar-refractivity contribution is 0.0994. The minimum atomic E-state index is -1.72. The molecule has 3 heteroatoms. The van der Waals surface area contributed by atoms with Gasteiger partial charge in [-0.25, -0.2) is 0 Å². The first-order valence-electron chi connectivity index (χ1n) is 7.00. The zero-order valence-electron chi connectivity index (χ0n) is 12.7. The molecular formula is C16H24O2Si. The Labute approximate surface area is 117 Å². The van der Waals surface area contributed by atoms with Crippen LogP contribution in [0.2, 0.25) is 18.1 Å². The summed E-state index contributed by atoms with van der Waals surface area (Å²) in [5, 5.41) is 0.222. The van der Waals surface area contributed by atoms with Crippen molar-refractivity contribution in [1.29, 1.82) is 0 Å². The summed E-state index contributed by atoms with van der Waals surface area (Å²) in [6.07, 6.45) is 1.57. The van der Waals surface area contributed by atoms with Crippen LogP contribution in [0, 0.1) is 0 Å². The van der Waals surface area contributed by atoms with Crippen LogP contribution in [-0.4, -0.2) is 14.1 Å². The van der Waals surface area contributed by atoms with Crippen LogP contribution in [-0.2, 0) is 17.5 Å². The number of rotatable bonds is 3. The maximum absolute atomic E-state index is 11.7. The van der Waals surface area contributed by atoms with Gasteiger partial charge in [0, 0.05) is 12.0 Å². The molecule has 1 aromatic rings. The molecule has 0 bridgehead atoms. The number of hydrogen-bond donors (Lipinski definition) is 0. The van der Waals surface area contributed by atoms with Crippen LogP contribution in [0.15, 0.2) is 18.2 Å². The van der Waals surface area contributed by atoms with E-state index < -0.39 is 8.32 Å². The zero-order chi connectivity index (χ0) is 14.3. The Bertz CT molecular complexity index is 498. The third-order valence-corrected chi connectivity index (χ3v) is 8.98. The number of carbonyl (C=O) groups excluding carboxylic acids is 1. The summed E-state index contributed by atoms with van der Waals surface area (Å²) in [7, 11) is -1.72. The first-order valence-corrected chi connectivity index (χ1v) is 9.90. The number of fused-ring (bicyclic) bond motifs is 1. The fourth-order valence-electron chi connectivity index (χ4n) is 2.05. The van der Waals surface area contributed by atoms with E-state index in [1.807, 2.05) is 6.07 Å². The summed E-state index contributed by atoms with van der Waals surface area (Å²) < 4.78 is 6.20. The van der Waals surface area contributed by atoms with Crippen molar-refractivity contribution in [2.24, 2.45) is 0 Å². The van der Waals surface area contributed by atoms with E-state index in [2.05, 4.69) is 46.0 Å². The van der Waals surface area contributed by atoms with Gasteiger partial charge in [-0.2, -0.15) is 0 Å². The molecule has 1 aliphatic carbocycles. The summed E-state index contributed by atoms with van der Waals surface area (Å²) in [4.78, 5) is 11.7. The predicted molar refractivity (Wildman–Crippen MR) is 81.1 cm³/mol. The van der Waals surface area contributed by atoms with Gasteiger partial charge in [-0.15, -0.1) is 0 Å². The molecule has 2 rings (SSSR count). The van der Waals surface area contributed by atoms with E-state index in [4.69, 9.17) is 4.43 Å². The van der Waals surface area contributed by atoms with Gasteiger partial charge in [0.1, 0.15) is 0 Å². The fraction of sp³-hybridized carbons (Fsp3) is 0.562. The van der Waals surface area contributed by atoms with Crippen LogP contribution in [0.3, 0.4) is 0 Å². The second-order valence-corrected chi connectivity index (χ2v) is 11.8. The van der Waals surface area contributed by atoms with Gasteiger partial charge >= 0.3 is 0 Å². The summed E-state index contributed by atoms with van der Waals surface area (Å²) in [6, 6.07) is 6.22. The Morgan fingerprint density at radius 1 is 1.21 bits per heavy atom. The molecule has 0 spiro atoms. The molecule has 1 aromatic carbocycles. The summed E-state index contributed by atoms with van der Waals surface area (Å²) >= 11 is 0. The lowest BCUT2D eigenvalue weighted by atomic mass is 10.1. The molecule has 0 amide bonds. The highest BCUT2D eigenvalue weighted by molar-refractivity contribution is 6.74. The van der Waals surface area contributed by atoms with Crippen molar-refractivity contribution in [2.75, 3.05) is 0 Å². The van der Waals surface area contributed by atoms with E-state index in [0.717, 1.165) is 17.5 Å². The standard InChI is InChI=1S/C16H24O2Si/c1-16(2,3)19(4,5)18-11-12-6-7-13-8-9-15(17)14(13)10-12/h6-7,10H,8-9,11H2,1-5H3. The van der Waals surface area contributed by atoms with Crippen LogP contribution >= 0.6 is 0 Å². The molecule has 0 aromatic heterocycles. The molecule has 0 heterocycles. The monoisotopic (exact) mass is 276 g/mol. The fourth-order valence-corrected chi connectivity index (χ4v) is 3.01. The quantitative estimate of drug-likeness (QED) is 0.768. The number of aryl methyl sites for hydroxylation is 1. The van der Waals surface area contributed by atoms with E-state index in [1.54, 1.807) is 0 Å². The van der Waals surface area contributed by atoms with Crippen molar-refractivity contribution in [3.8, 4) is 0 Å². The molecule has 0 saturated carbocycles. The van der Waals surface area contributed by atoms with Gasteiger partial charge in [-0.05, 0) is 41.7 Å². The molecule has 0 atom stereocenters. The molecule has 19 heavy (non-hydrogen) atoms. The van der Waals surface area contributed by atoms with Gasteiger partial charge in [-0.3, -0.25) is 4.79 Å². The largest absolute Gasteiger partial charge is 0.413 e. The van der Waals surface area contributed by atoms with Crippen LogP contribution in [0.25, 0.3) is 0 Å². The number of hydrogen-bond acceptors (Lipinski definition) is 2. The van der Waals surface area contributed by atoms with E-state index >= 15 is 0 Å². The molecule has 0 aliphatic heterocycles. The van der Waals surface area contributed by atoms with E-state index in [9.17, 15) is 4.79 Å². The summed E-state index contributed by atoms with van der Waals surface area (Å²) in [5.41, 5.74) is 3.23. The van der Waals surface area contributed by atoms with Gasteiger partial charge in [-0.1, -0.05) is 32.9 Å². The first-order chi connectivity index (χ1) is 8.71. The maximum Gasteiger partial charge on any atom is 0.192 e. The van der Waals surface area contributed by atoms with Crippen molar-refractivity contribution in [2.45, 2.75) is 58.4 Å². The van der Waals surface area contributed by atoms with E-state index in [1.165, 1.54) is 5.56 Å². The van der Waals surface area contributed by atoms with E-state index in [0.29, 0.717) is 13.0 Å². The second-order valence-electron chi connectivity index (χ2n) is 6.96. The van der Waals surface area contributed by atoms with Gasteiger partial charge < -0.3 is 4.43 Å². The van der Waals surface area contributed by atoms with Crippen molar-refractivity contribution in [1.82, 2.24) is 0 Å². The van der Waals surface area contributed by atoms with Crippen molar-refractivity contribution in [3.05, 3.63) is 34.9 Å². The Balaban J connectivity index is 2.09. The third-order valence-electron chi connectivity index (χ3n) is 4.50. The van der Waals surface area contributed by atoms with Gasteiger partial charge in [0.2, 0.25) is 0 Å². The van der Waals surface area contributed by atoms with Crippen LogP contribution < -0.4 is 0 Å². The Morgan fingerprint density at radius 3 is 2.53 bits per heavy atom. The van der Waals surface area contributed by atoms with Crippen molar-refractivity contribution in [3.63, 3.8) is 0 Å². The first kappa shape index (κ1) is 14.5. The third kappa shape index (κ3) is 2.98. The lowest BCUT2D eigenvalue weighted by Gasteiger charge is -2.36. The molecule has 0 N–H and O–H groups in total. The second kappa shape index (κ2) is 4.87. The minimum Gasteiger partial charge on any atom is -0.413 e. The topological polar surface area (TPSA) is 26.3 Å². The van der Waals surface area contributed by atoms with Gasteiger partial charge in [0.15, 0.2) is 14.1 Å². The Morgan fingerprint density at radius 2 is 1.89 bits per heavy atom. The molecule has 0 radical (unpaired) electrons. The number of ketones is 1. The molecule has 1 aliphatic rings. The number of carbonyl (C=O) groups is 1. The van der Waals surface area contributed by atoms with Crippen molar-refractivity contribution < 1.29 is 9.22 Å². The zero-order valence-corrected chi connectivity index (χ0v) is 13.7. The minimum absolute atomic E-state index is 0.222. The average molecular weight is 276 g/mol. The van der Waals surface area contributed by atoms with Gasteiger partial charge in [0.25, 0.3) is 0 Å². The molecule has 0 fully saturated rings. The smallest absolute Gasteiger partial charge is 0.192 e. The predicted octanol–water partition coefficient (Wildman–Crippen LogP) is 4.34. The van der Waals surface area contributed by atoms with Crippen LogP contribution in [0.5, 0.6) is 0 Å². The van der Waals surface area contributed by atoms with Crippen LogP contribution in [0.1, 0.15) is 48.7 Å². The van der Waals surface area contributed by atoms with E-state index in [-0.39, 0.29) is 10.8 Å². The lowest BCUT2D eigenvalue weighted by Crippen LogP contribution is -2.40. The highest BCUT2D eigenvalue weighted by atomic mass is 28.4. The molecule has 104 valence electrons. The van der Waals surface area contributed by atoms with Gasteiger partial charge in [0.05, 0.1) is 6.61 Å². The highest BCUT2D eigenvalue weighted by Crippen LogP contribution is 2.37. The molecule has 2 nitrogen and oxygen atoms in total. The maximum atomic E-state index is 11.7. The molecule has 0 saturated heterocycles. The SMILES string of the molecule is CC(C)(C)[Si](C)(C)OCc1ccc2c(c1)C(=O)CC2. The average Bonchev–Trinajstić information content (AvgIpc) is 2.67. The molecular weight excluding hydrogens is 252 g/mol. The van der Waals surface area contributed by atoms with Crippen molar-refractivity contribution >= 4 is 14.1 Å². The summed E-state index contributed by atoms with van der Waals surface area (Å²) in [5.74, 6) is 0.282.